The van der Waals surface area contributed by atoms with Gasteiger partial charge in [-0.15, -0.1) is 0 Å². The Hall–Kier alpha value is -0.120. The van der Waals surface area contributed by atoms with Crippen molar-refractivity contribution in [3.05, 3.63) is 33.3 Å². The molecule has 2 unspecified atom stereocenters. The molecule has 1 aliphatic heterocycles. The Labute approximate surface area is 115 Å². The lowest BCUT2D eigenvalue weighted by molar-refractivity contribution is 0.130. The Kier molecular flexibility index (Phi) is 4.45. The predicted octanol–water partition coefficient (Wildman–Crippen LogP) is 4.25. The highest BCUT2D eigenvalue weighted by atomic mass is 79.9. The number of likely N-dealkylation sites (tertiary alicyclic amines) is 1. The minimum atomic E-state index is -0.787. The first-order chi connectivity index (χ1) is 8.11. The van der Waals surface area contributed by atoms with Gasteiger partial charge < -0.3 is 4.90 Å². The monoisotopic (exact) mass is 319 g/mol. The van der Waals surface area contributed by atoms with Gasteiger partial charge >= 0.3 is 0 Å². The lowest BCUT2D eigenvalue weighted by Gasteiger charge is -2.35. The van der Waals surface area contributed by atoms with Crippen molar-refractivity contribution in [2.75, 3.05) is 19.6 Å². The first-order valence-electron chi connectivity index (χ1n) is 5.93. The maximum absolute atomic E-state index is 14.1. The molecule has 0 N–H and O–H groups in total. The quantitative estimate of drug-likeness (QED) is 0.787. The van der Waals surface area contributed by atoms with E-state index in [-0.39, 0.29) is 5.92 Å². The Morgan fingerprint density at radius 2 is 2.29 bits per heavy atom. The fourth-order valence-electron chi connectivity index (χ4n) is 2.37. The van der Waals surface area contributed by atoms with E-state index in [9.17, 15) is 4.39 Å². The number of halogens is 3. The van der Waals surface area contributed by atoms with Gasteiger partial charge in [0.1, 0.15) is 6.17 Å². The second-order valence-electron chi connectivity index (χ2n) is 4.47. The molecule has 0 saturated carbocycles. The van der Waals surface area contributed by atoms with Gasteiger partial charge in [0.25, 0.3) is 0 Å². The highest BCUT2D eigenvalue weighted by molar-refractivity contribution is 9.10. The Bertz CT molecular complexity index is 399. The van der Waals surface area contributed by atoms with Crippen LogP contribution in [0, 0.1) is 0 Å². The van der Waals surface area contributed by atoms with Crippen molar-refractivity contribution < 1.29 is 4.39 Å². The zero-order valence-electron chi connectivity index (χ0n) is 9.80. The van der Waals surface area contributed by atoms with Crippen LogP contribution in [0.5, 0.6) is 0 Å². The molecule has 0 bridgehead atoms. The number of hydrogen-bond donors (Lipinski definition) is 0. The van der Waals surface area contributed by atoms with Gasteiger partial charge in [0.15, 0.2) is 0 Å². The van der Waals surface area contributed by atoms with E-state index in [0.717, 1.165) is 29.7 Å². The molecule has 17 heavy (non-hydrogen) atoms. The number of likely N-dealkylation sites (N-methyl/N-ethyl adjacent to an activating group) is 1. The Balaban J connectivity index is 2.27. The van der Waals surface area contributed by atoms with Crippen LogP contribution >= 0.6 is 27.5 Å². The summed E-state index contributed by atoms with van der Waals surface area (Å²) in [4.78, 5) is 2.28. The molecule has 94 valence electrons. The van der Waals surface area contributed by atoms with Crippen molar-refractivity contribution in [1.82, 2.24) is 4.90 Å². The summed E-state index contributed by atoms with van der Waals surface area (Å²) in [7, 11) is 0. The summed E-state index contributed by atoms with van der Waals surface area (Å²) in [5.41, 5.74) is 0.923. The lowest BCUT2D eigenvalue weighted by atomic mass is 9.89. The van der Waals surface area contributed by atoms with E-state index in [2.05, 4.69) is 27.8 Å². The molecule has 1 aromatic carbocycles. The van der Waals surface area contributed by atoms with Gasteiger partial charge in [-0.05, 0) is 36.7 Å². The van der Waals surface area contributed by atoms with E-state index >= 15 is 0 Å². The maximum atomic E-state index is 14.1. The van der Waals surface area contributed by atoms with Crippen LogP contribution in [0.3, 0.4) is 0 Å². The molecule has 0 radical (unpaired) electrons. The van der Waals surface area contributed by atoms with Crippen LogP contribution in [-0.2, 0) is 0 Å². The molecule has 1 nitrogen and oxygen atoms in total. The van der Waals surface area contributed by atoms with Crippen LogP contribution < -0.4 is 0 Å². The first kappa shape index (κ1) is 13.3. The summed E-state index contributed by atoms with van der Waals surface area (Å²) in [6.07, 6.45) is -0.189. The Morgan fingerprint density at radius 1 is 1.53 bits per heavy atom. The van der Waals surface area contributed by atoms with Gasteiger partial charge in [-0.25, -0.2) is 4.39 Å². The van der Waals surface area contributed by atoms with Gasteiger partial charge in [-0.1, -0.05) is 34.5 Å². The van der Waals surface area contributed by atoms with Crippen molar-refractivity contribution in [1.29, 1.82) is 0 Å². The van der Waals surface area contributed by atoms with Gasteiger partial charge in [0.05, 0.1) is 0 Å². The number of rotatable bonds is 2. The highest BCUT2D eigenvalue weighted by Crippen LogP contribution is 2.35. The van der Waals surface area contributed by atoms with Crippen LogP contribution in [0.1, 0.15) is 24.8 Å². The fraction of sp³-hybridized carbons (Fsp3) is 0.538. The van der Waals surface area contributed by atoms with E-state index in [1.807, 2.05) is 18.2 Å². The summed E-state index contributed by atoms with van der Waals surface area (Å²) >= 11 is 9.60. The molecular weight excluding hydrogens is 305 g/mol. The average Bonchev–Trinajstić information content (AvgIpc) is 2.33. The van der Waals surface area contributed by atoms with Crippen LogP contribution in [-0.4, -0.2) is 30.7 Å². The van der Waals surface area contributed by atoms with Gasteiger partial charge in [-0.3, -0.25) is 0 Å². The van der Waals surface area contributed by atoms with Crippen molar-refractivity contribution in [3.63, 3.8) is 0 Å². The minimum absolute atomic E-state index is 0.103. The molecule has 1 saturated heterocycles. The molecule has 1 heterocycles. The number of benzene rings is 1. The first-order valence-corrected chi connectivity index (χ1v) is 7.10. The third-order valence-corrected chi connectivity index (χ3v) is 4.25. The minimum Gasteiger partial charge on any atom is -0.303 e. The van der Waals surface area contributed by atoms with Crippen molar-refractivity contribution in [2.45, 2.75) is 25.4 Å². The molecule has 0 aromatic heterocycles. The van der Waals surface area contributed by atoms with E-state index in [1.165, 1.54) is 0 Å². The highest BCUT2D eigenvalue weighted by Gasteiger charge is 2.31. The van der Waals surface area contributed by atoms with E-state index in [4.69, 9.17) is 11.6 Å². The molecule has 1 fully saturated rings. The van der Waals surface area contributed by atoms with Gasteiger partial charge in [0, 0.05) is 28.5 Å². The predicted molar refractivity (Wildman–Crippen MR) is 73.5 cm³/mol. The van der Waals surface area contributed by atoms with E-state index in [0.29, 0.717) is 11.4 Å². The molecule has 1 aliphatic rings. The molecule has 0 spiro atoms. The standard InChI is InChI=1S/C13H16BrClFN/c1-2-17-6-5-13(16)11(8-17)10-7-9(14)3-4-12(10)15/h3-4,7,11,13H,2,5-6,8H2,1H3. The lowest BCUT2D eigenvalue weighted by Crippen LogP contribution is -2.40. The van der Waals surface area contributed by atoms with Gasteiger partial charge in [-0.2, -0.15) is 0 Å². The molecular formula is C13H16BrClFN. The van der Waals surface area contributed by atoms with Crippen LogP contribution in [0.15, 0.2) is 22.7 Å². The van der Waals surface area contributed by atoms with Crippen molar-refractivity contribution in [3.8, 4) is 0 Å². The number of nitrogens with zero attached hydrogens (tertiary/aromatic N) is 1. The second-order valence-corrected chi connectivity index (χ2v) is 5.79. The normalized spacial score (nSPS) is 26.1. The summed E-state index contributed by atoms with van der Waals surface area (Å²) in [5.74, 6) is -0.103. The van der Waals surface area contributed by atoms with E-state index < -0.39 is 6.17 Å². The number of piperidine rings is 1. The molecule has 1 aromatic rings. The Morgan fingerprint density at radius 3 is 3.00 bits per heavy atom. The largest absolute Gasteiger partial charge is 0.303 e. The topological polar surface area (TPSA) is 3.24 Å². The van der Waals surface area contributed by atoms with Crippen molar-refractivity contribution >= 4 is 27.5 Å². The van der Waals surface area contributed by atoms with Crippen molar-refractivity contribution in [2.24, 2.45) is 0 Å². The zero-order chi connectivity index (χ0) is 12.4. The maximum Gasteiger partial charge on any atom is 0.109 e. The summed E-state index contributed by atoms with van der Waals surface area (Å²) in [5, 5.41) is 0.666. The van der Waals surface area contributed by atoms with Crippen LogP contribution in [0.4, 0.5) is 4.39 Å². The SMILES string of the molecule is CCN1CCC(F)C(c2cc(Br)ccc2Cl)C1. The average molecular weight is 321 g/mol. The number of alkyl halides is 1. The molecule has 4 heteroatoms. The fourth-order valence-corrected chi connectivity index (χ4v) is 3.01. The van der Waals surface area contributed by atoms with Crippen LogP contribution in [0.2, 0.25) is 5.02 Å². The molecule has 2 atom stereocenters. The number of hydrogen-bond acceptors (Lipinski definition) is 1. The third kappa shape index (κ3) is 3.01. The van der Waals surface area contributed by atoms with Crippen LogP contribution in [0.25, 0.3) is 0 Å². The molecule has 2 rings (SSSR count). The summed E-state index contributed by atoms with van der Waals surface area (Å²) in [6, 6.07) is 5.66. The summed E-state index contributed by atoms with van der Waals surface area (Å²) in [6.45, 7) is 4.68. The van der Waals surface area contributed by atoms with Gasteiger partial charge in [0.2, 0.25) is 0 Å². The smallest absolute Gasteiger partial charge is 0.109 e. The second kappa shape index (κ2) is 5.68. The molecule has 0 amide bonds. The molecule has 0 aliphatic carbocycles. The van der Waals surface area contributed by atoms with E-state index in [1.54, 1.807) is 0 Å². The third-order valence-electron chi connectivity index (χ3n) is 3.42. The summed E-state index contributed by atoms with van der Waals surface area (Å²) < 4.78 is 15.0. The zero-order valence-corrected chi connectivity index (χ0v) is 12.1.